The van der Waals surface area contributed by atoms with E-state index in [0.29, 0.717) is 5.69 Å². The molecular formula is C15H24N2O. The Balaban J connectivity index is 2.96. The van der Waals surface area contributed by atoms with Crippen molar-refractivity contribution in [2.45, 2.75) is 40.0 Å². The van der Waals surface area contributed by atoms with Crippen LogP contribution < -0.4 is 10.6 Å². The molecule has 3 heteroatoms. The maximum absolute atomic E-state index is 12.4. The molecular weight excluding hydrogens is 224 g/mol. The van der Waals surface area contributed by atoms with Crippen LogP contribution in [0.15, 0.2) is 24.3 Å². The Labute approximate surface area is 110 Å². The van der Waals surface area contributed by atoms with E-state index in [2.05, 4.69) is 13.8 Å². The monoisotopic (exact) mass is 248 g/mol. The molecule has 0 radical (unpaired) electrons. The van der Waals surface area contributed by atoms with Gasteiger partial charge in [0, 0.05) is 12.5 Å². The Kier molecular flexibility index (Phi) is 5.69. The molecule has 0 heterocycles. The normalized spacial score (nSPS) is 12.2. The van der Waals surface area contributed by atoms with Gasteiger partial charge in [0.2, 0.25) is 5.91 Å². The van der Waals surface area contributed by atoms with Gasteiger partial charge in [-0.05, 0) is 25.0 Å². The van der Waals surface area contributed by atoms with Crippen LogP contribution >= 0.6 is 0 Å². The van der Waals surface area contributed by atoms with E-state index in [1.54, 1.807) is 0 Å². The Morgan fingerprint density at radius 2 is 1.94 bits per heavy atom. The molecule has 0 aliphatic carbocycles. The molecule has 1 atom stereocenters. The van der Waals surface area contributed by atoms with Gasteiger partial charge >= 0.3 is 0 Å². The third-order valence-electron chi connectivity index (χ3n) is 3.08. The van der Waals surface area contributed by atoms with Crippen LogP contribution in [0.3, 0.4) is 0 Å². The largest absolute Gasteiger partial charge is 0.397 e. The van der Waals surface area contributed by atoms with Gasteiger partial charge in [0.05, 0.1) is 11.4 Å². The lowest BCUT2D eigenvalue weighted by atomic mass is 10.0. The van der Waals surface area contributed by atoms with Crippen LogP contribution in [-0.2, 0) is 4.79 Å². The summed E-state index contributed by atoms with van der Waals surface area (Å²) >= 11 is 0. The molecule has 1 aromatic carbocycles. The molecule has 0 aliphatic heterocycles. The van der Waals surface area contributed by atoms with Crippen molar-refractivity contribution in [1.29, 1.82) is 0 Å². The summed E-state index contributed by atoms with van der Waals surface area (Å²) in [5, 5.41) is 0. The molecule has 100 valence electrons. The number of nitrogens with two attached hydrogens (primary N) is 1. The van der Waals surface area contributed by atoms with Gasteiger partial charge < -0.3 is 10.6 Å². The number of hydrogen-bond donors (Lipinski definition) is 1. The van der Waals surface area contributed by atoms with Crippen LogP contribution in [-0.4, -0.2) is 12.5 Å². The molecule has 0 aromatic heterocycles. The smallest absolute Gasteiger partial charge is 0.229 e. The van der Waals surface area contributed by atoms with Crippen molar-refractivity contribution in [1.82, 2.24) is 0 Å². The minimum Gasteiger partial charge on any atom is -0.397 e. The van der Waals surface area contributed by atoms with Crippen LogP contribution in [0.5, 0.6) is 0 Å². The third kappa shape index (κ3) is 3.49. The quantitative estimate of drug-likeness (QED) is 0.784. The Bertz CT molecular complexity index is 390. The minimum absolute atomic E-state index is 0.0566. The summed E-state index contributed by atoms with van der Waals surface area (Å²) < 4.78 is 0. The minimum atomic E-state index is 0.0566. The van der Waals surface area contributed by atoms with Crippen molar-refractivity contribution < 1.29 is 4.79 Å². The van der Waals surface area contributed by atoms with Crippen molar-refractivity contribution in [3.63, 3.8) is 0 Å². The molecule has 3 nitrogen and oxygen atoms in total. The lowest BCUT2D eigenvalue weighted by Crippen LogP contribution is -2.36. The van der Waals surface area contributed by atoms with Crippen molar-refractivity contribution in [2.24, 2.45) is 5.92 Å². The Morgan fingerprint density at radius 3 is 2.50 bits per heavy atom. The average molecular weight is 248 g/mol. The number of nitrogens with zero attached hydrogens (tertiary/aromatic N) is 1. The average Bonchev–Trinajstić information content (AvgIpc) is 2.36. The van der Waals surface area contributed by atoms with Gasteiger partial charge in [-0.2, -0.15) is 0 Å². The van der Waals surface area contributed by atoms with Gasteiger partial charge in [-0.3, -0.25) is 4.79 Å². The number of rotatable bonds is 6. The Hall–Kier alpha value is -1.51. The summed E-state index contributed by atoms with van der Waals surface area (Å²) in [5.74, 6) is 0.234. The van der Waals surface area contributed by atoms with E-state index in [9.17, 15) is 4.79 Å². The van der Waals surface area contributed by atoms with Gasteiger partial charge in [0.1, 0.15) is 0 Å². The number of para-hydroxylation sites is 2. The van der Waals surface area contributed by atoms with Crippen molar-refractivity contribution in [3.05, 3.63) is 24.3 Å². The van der Waals surface area contributed by atoms with E-state index in [-0.39, 0.29) is 11.8 Å². The third-order valence-corrected chi connectivity index (χ3v) is 3.08. The summed E-state index contributed by atoms with van der Waals surface area (Å²) in [4.78, 5) is 14.3. The maximum atomic E-state index is 12.4. The SMILES string of the molecule is CCCC(C)C(=O)N(CCC)c1ccccc1N. The molecule has 0 spiro atoms. The zero-order chi connectivity index (χ0) is 13.5. The predicted octanol–water partition coefficient (Wildman–Crippen LogP) is 3.45. The first-order valence-electron chi connectivity index (χ1n) is 6.77. The Morgan fingerprint density at radius 1 is 1.28 bits per heavy atom. The van der Waals surface area contributed by atoms with Gasteiger partial charge in [-0.1, -0.05) is 39.3 Å². The van der Waals surface area contributed by atoms with Crippen molar-refractivity contribution >= 4 is 17.3 Å². The van der Waals surface area contributed by atoms with Gasteiger partial charge in [0.15, 0.2) is 0 Å². The number of hydrogen-bond acceptors (Lipinski definition) is 2. The number of amides is 1. The van der Waals surface area contributed by atoms with Gasteiger partial charge in [0.25, 0.3) is 0 Å². The lowest BCUT2D eigenvalue weighted by molar-refractivity contribution is -0.122. The summed E-state index contributed by atoms with van der Waals surface area (Å²) in [7, 11) is 0. The molecule has 2 N–H and O–H groups in total. The second-order valence-electron chi connectivity index (χ2n) is 4.74. The highest BCUT2D eigenvalue weighted by Gasteiger charge is 2.21. The highest BCUT2D eigenvalue weighted by molar-refractivity contribution is 5.97. The van der Waals surface area contributed by atoms with Crippen LogP contribution in [0.1, 0.15) is 40.0 Å². The second kappa shape index (κ2) is 7.04. The van der Waals surface area contributed by atoms with Crippen molar-refractivity contribution in [3.8, 4) is 0 Å². The number of nitrogen functional groups attached to an aromatic ring is 1. The first-order valence-corrected chi connectivity index (χ1v) is 6.77. The van der Waals surface area contributed by atoms with E-state index in [4.69, 9.17) is 5.73 Å². The van der Waals surface area contributed by atoms with E-state index >= 15 is 0 Å². The molecule has 1 rings (SSSR count). The summed E-state index contributed by atoms with van der Waals surface area (Å²) in [6, 6.07) is 7.58. The predicted molar refractivity (Wildman–Crippen MR) is 77.6 cm³/mol. The van der Waals surface area contributed by atoms with E-state index < -0.39 is 0 Å². The summed E-state index contributed by atoms with van der Waals surface area (Å²) in [6.45, 7) is 6.89. The second-order valence-corrected chi connectivity index (χ2v) is 4.74. The summed E-state index contributed by atoms with van der Waals surface area (Å²) in [6.07, 6.45) is 2.88. The fraction of sp³-hybridized carbons (Fsp3) is 0.533. The standard InChI is InChI=1S/C15H24N2O/c1-4-8-12(3)15(18)17(11-5-2)14-10-7-6-9-13(14)16/h6-7,9-10,12H,4-5,8,11,16H2,1-3H3. The molecule has 18 heavy (non-hydrogen) atoms. The fourth-order valence-electron chi connectivity index (χ4n) is 2.13. The van der Waals surface area contributed by atoms with E-state index in [1.165, 1.54) is 0 Å². The molecule has 0 saturated heterocycles. The van der Waals surface area contributed by atoms with Crippen LogP contribution in [0.25, 0.3) is 0 Å². The zero-order valence-electron chi connectivity index (χ0n) is 11.6. The van der Waals surface area contributed by atoms with Crippen LogP contribution in [0.2, 0.25) is 0 Å². The highest BCUT2D eigenvalue weighted by atomic mass is 16.2. The lowest BCUT2D eigenvalue weighted by Gasteiger charge is -2.26. The summed E-state index contributed by atoms with van der Waals surface area (Å²) in [5.41, 5.74) is 7.48. The molecule has 1 amide bonds. The van der Waals surface area contributed by atoms with E-state index in [1.807, 2.05) is 36.1 Å². The van der Waals surface area contributed by atoms with Crippen LogP contribution in [0, 0.1) is 5.92 Å². The van der Waals surface area contributed by atoms with Crippen molar-refractivity contribution in [2.75, 3.05) is 17.2 Å². The molecule has 0 saturated carbocycles. The first-order chi connectivity index (χ1) is 8.61. The molecule has 0 fully saturated rings. The molecule has 0 bridgehead atoms. The first kappa shape index (κ1) is 14.6. The zero-order valence-corrected chi connectivity index (χ0v) is 11.6. The topological polar surface area (TPSA) is 46.3 Å². The number of carbonyl (C=O) groups is 1. The van der Waals surface area contributed by atoms with E-state index in [0.717, 1.165) is 31.5 Å². The van der Waals surface area contributed by atoms with Crippen LogP contribution in [0.4, 0.5) is 11.4 Å². The molecule has 1 aromatic rings. The van der Waals surface area contributed by atoms with Gasteiger partial charge in [-0.25, -0.2) is 0 Å². The fourth-order valence-corrected chi connectivity index (χ4v) is 2.13. The molecule has 0 aliphatic rings. The molecule has 1 unspecified atom stereocenters. The number of anilines is 2. The maximum Gasteiger partial charge on any atom is 0.229 e. The highest BCUT2D eigenvalue weighted by Crippen LogP contribution is 2.25. The van der Waals surface area contributed by atoms with Gasteiger partial charge in [-0.15, -0.1) is 0 Å². The number of carbonyl (C=O) groups excluding carboxylic acids is 1. The number of benzene rings is 1.